The van der Waals surface area contributed by atoms with Crippen LogP contribution in [0.3, 0.4) is 0 Å². The summed E-state index contributed by atoms with van der Waals surface area (Å²) in [5.74, 6) is 0. The Kier molecular flexibility index (Phi) is 3.29. The highest BCUT2D eigenvalue weighted by atomic mass is 16.3. The third-order valence-corrected chi connectivity index (χ3v) is 1.41. The van der Waals surface area contributed by atoms with Crippen LogP contribution in [0.4, 0.5) is 5.69 Å². The molecule has 0 aliphatic heterocycles. The quantitative estimate of drug-likeness (QED) is 0.684. The lowest BCUT2D eigenvalue weighted by Gasteiger charge is -2.05. The predicted molar refractivity (Wildman–Crippen MR) is 46.6 cm³/mol. The zero-order valence-electron chi connectivity index (χ0n) is 6.53. The van der Waals surface area contributed by atoms with Crippen LogP contribution in [-0.2, 0) is 4.79 Å². The zero-order chi connectivity index (χ0) is 8.81. The van der Waals surface area contributed by atoms with E-state index in [4.69, 9.17) is 5.11 Å². The van der Waals surface area contributed by atoms with Gasteiger partial charge in [0.25, 0.3) is 0 Å². The van der Waals surface area contributed by atoms with Crippen LogP contribution in [0.1, 0.15) is 0 Å². The van der Waals surface area contributed by atoms with Gasteiger partial charge in [-0.1, -0.05) is 18.2 Å². The van der Waals surface area contributed by atoms with Crippen molar-refractivity contribution in [1.29, 1.82) is 0 Å². The number of carbonyl (C=O) groups excluding carboxylic acids is 1. The highest BCUT2D eigenvalue weighted by molar-refractivity contribution is 5.58. The van der Waals surface area contributed by atoms with E-state index in [1.165, 1.54) is 6.29 Å². The maximum atomic E-state index is 9.91. The van der Waals surface area contributed by atoms with Crippen LogP contribution in [-0.4, -0.2) is 24.0 Å². The van der Waals surface area contributed by atoms with Gasteiger partial charge in [-0.25, -0.2) is 0 Å². The lowest BCUT2D eigenvalue weighted by atomic mass is 10.3. The van der Waals surface area contributed by atoms with Crippen molar-refractivity contribution in [2.24, 2.45) is 0 Å². The smallest absolute Gasteiger partial charge is 0.231 e. The SMILES string of the molecule is O=[C]C(O)CNc1ccccc1. The van der Waals surface area contributed by atoms with E-state index >= 15 is 0 Å². The van der Waals surface area contributed by atoms with Crippen LogP contribution >= 0.6 is 0 Å². The number of aliphatic hydroxyl groups excluding tert-OH is 1. The van der Waals surface area contributed by atoms with Gasteiger partial charge in [-0.3, -0.25) is 4.79 Å². The van der Waals surface area contributed by atoms with Gasteiger partial charge in [0.05, 0.1) is 0 Å². The Morgan fingerprint density at radius 1 is 1.42 bits per heavy atom. The lowest BCUT2D eigenvalue weighted by Crippen LogP contribution is -2.20. The molecule has 1 atom stereocenters. The second-order valence-electron chi connectivity index (χ2n) is 2.38. The molecule has 1 unspecified atom stereocenters. The molecule has 1 aromatic carbocycles. The van der Waals surface area contributed by atoms with Crippen molar-refractivity contribution >= 4 is 12.0 Å². The lowest BCUT2D eigenvalue weighted by molar-refractivity contribution is 0.247. The molecule has 63 valence electrons. The highest BCUT2D eigenvalue weighted by Crippen LogP contribution is 2.03. The van der Waals surface area contributed by atoms with Crippen LogP contribution in [0.25, 0.3) is 0 Å². The third kappa shape index (κ3) is 2.72. The summed E-state index contributed by atoms with van der Waals surface area (Å²) in [5, 5.41) is 11.7. The molecule has 3 nitrogen and oxygen atoms in total. The molecule has 0 fully saturated rings. The zero-order valence-corrected chi connectivity index (χ0v) is 6.53. The number of anilines is 1. The van der Waals surface area contributed by atoms with E-state index in [1.807, 2.05) is 30.3 Å². The van der Waals surface area contributed by atoms with Crippen LogP contribution in [0, 0.1) is 0 Å². The van der Waals surface area contributed by atoms with E-state index < -0.39 is 6.10 Å². The monoisotopic (exact) mass is 164 g/mol. The summed E-state index contributed by atoms with van der Waals surface area (Å²) in [6.45, 7) is 0.202. The predicted octanol–water partition coefficient (Wildman–Crippen LogP) is 0.569. The molecule has 0 spiro atoms. The van der Waals surface area contributed by atoms with E-state index in [2.05, 4.69) is 5.32 Å². The third-order valence-electron chi connectivity index (χ3n) is 1.41. The molecule has 0 heterocycles. The van der Waals surface area contributed by atoms with Crippen molar-refractivity contribution in [2.75, 3.05) is 11.9 Å². The Hall–Kier alpha value is -1.35. The van der Waals surface area contributed by atoms with E-state index in [0.29, 0.717) is 0 Å². The number of hydrogen-bond acceptors (Lipinski definition) is 3. The molecule has 0 aliphatic rings. The first kappa shape index (κ1) is 8.74. The van der Waals surface area contributed by atoms with Gasteiger partial charge in [0.15, 0.2) is 0 Å². The molecule has 0 saturated heterocycles. The van der Waals surface area contributed by atoms with Crippen molar-refractivity contribution in [2.45, 2.75) is 6.10 Å². The van der Waals surface area contributed by atoms with Crippen molar-refractivity contribution in [3.63, 3.8) is 0 Å². The maximum absolute atomic E-state index is 9.91. The van der Waals surface area contributed by atoms with Gasteiger partial charge >= 0.3 is 0 Å². The molecule has 1 aromatic rings. The minimum atomic E-state index is -1.05. The molecule has 0 aliphatic carbocycles. The summed E-state index contributed by atoms with van der Waals surface area (Å²) in [6, 6.07) is 9.36. The van der Waals surface area contributed by atoms with Gasteiger partial charge in [-0.05, 0) is 12.1 Å². The van der Waals surface area contributed by atoms with Gasteiger partial charge in [-0.2, -0.15) is 0 Å². The molecule has 0 saturated carbocycles. The normalized spacial score (nSPS) is 12.1. The first-order valence-electron chi connectivity index (χ1n) is 3.67. The molecule has 1 radical (unpaired) electrons. The number of benzene rings is 1. The van der Waals surface area contributed by atoms with E-state index in [1.54, 1.807) is 0 Å². The molecule has 12 heavy (non-hydrogen) atoms. The molecule has 3 heteroatoms. The van der Waals surface area contributed by atoms with Crippen LogP contribution in [0.5, 0.6) is 0 Å². The van der Waals surface area contributed by atoms with Crippen molar-refractivity contribution < 1.29 is 9.90 Å². The van der Waals surface area contributed by atoms with Crippen LogP contribution in [0.2, 0.25) is 0 Å². The van der Waals surface area contributed by atoms with Crippen LogP contribution in [0.15, 0.2) is 30.3 Å². The fourth-order valence-electron chi connectivity index (χ4n) is 0.812. The van der Waals surface area contributed by atoms with Crippen molar-refractivity contribution in [3.05, 3.63) is 30.3 Å². The number of para-hydroxylation sites is 1. The first-order chi connectivity index (χ1) is 5.83. The fourth-order valence-corrected chi connectivity index (χ4v) is 0.812. The Labute approximate surface area is 71.0 Å². The Bertz CT molecular complexity index is 236. The van der Waals surface area contributed by atoms with Crippen molar-refractivity contribution in [1.82, 2.24) is 0 Å². The summed E-state index contributed by atoms with van der Waals surface area (Å²) in [6.07, 6.45) is 0.427. The average molecular weight is 164 g/mol. The maximum Gasteiger partial charge on any atom is 0.231 e. The number of rotatable bonds is 4. The second-order valence-corrected chi connectivity index (χ2v) is 2.38. The van der Waals surface area contributed by atoms with E-state index in [-0.39, 0.29) is 6.54 Å². The Morgan fingerprint density at radius 3 is 2.67 bits per heavy atom. The van der Waals surface area contributed by atoms with E-state index in [0.717, 1.165) is 5.69 Å². The largest absolute Gasteiger partial charge is 0.383 e. The van der Waals surface area contributed by atoms with Gasteiger partial charge in [0.1, 0.15) is 6.10 Å². The minimum absolute atomic E-state index is 0.202. The van der Waals surface area contributed by atoms with E-state index in [9.17, 15) is 4.79 Å². The minimum Gasteiger partial charge on any atom is -0.383 e. The molecule has 2 N–H and O–H groups in total. The standard InChI is InChI=1S/C9H10NO2/c11-7-9(12)6-10-8-4-2-1-3-5-8/h1-5,9-10,12H,6H2. The number of hydrogen-bond donors (Lipinski definition) is 2. The second kappa shape index (κ2) is 4.51. The summed E-state index contributed by atoms with van der Waals surface area (Å²) in [4.78, 5) is 9.91. The molecule has 1 rings (SSSR count). The summed E-state index contributed by atoms with van der Waals surface area (Å²) in [5.41, 5.74) is 0.881. The molecule has 0 amide bonds. The highest BCUT2D eigenvalue weighted by Gasteiger charge is 2.00. The van der Waals surface area contributed by atoms with Crippen molar-refractivity contribution in [3.8, 4) is 0 Å². The van der Waals surface area contributed by atoms with Gasteiger partial charge in [0.2, 0.25) is 6.29 Å². The van der Waals surface area contributed by atoms with Gasteiger partial charge in [-0.15, -0.1) is 0 Å². The average Bonchev–Trinajstić information content (AvgIpc) is 2.16. The fraction of sp³-hybridized carbons (Fsp3) is 0.222. The number of aliphatic hydroxyl groups is 1. The molecule has 0 aromatic heterocycles. The summed E-state index contributed by atoms with van der Waals surface area (Å²) < 4.78 is 0. The summed E-state index contributed by atoms with van der Waals surface area (Å²) >= 11 is 0. The van der Waals surface area contributed by atoms with Gasteiger partial charge < -0.3 is 10.4 Å². The Morgan fingerprint density at radius 2 is 2.08 bits per heavy atom. The molecule has 0 bridgehead atoms. The molecular weight excluding hydrogens is 154 g/mol. The Balaban J connectivity index is 2.38. The number of nitrogens with one attached hydrogen (secondary N) is 1. The topological polar surface area (TPSA) is 49.3 Å². The molecular formula is C9H10NO2. The van der Waals surface area contributed by atoms with Gasteiger partial charge in [0, 0.05) is 12.2 Å². The summed E-state index contributed by atoms with van der Waals surface area (Å²) in [7, 11) is 0. The van der Waals surface area contributed by atoms with Crippen LogP contribution < -0.4 is 5.32 Å². The first-order valence-corrected chi connectivity index (χ1v) is 3.67.